The summed E-state index contributed by atoms with van der Waals surface area (Å²) in [5, 5.41) is 22.3. The van der Waals surface area contributed by atoms with Crippen LogP contribution in [0.15, 0.2) is 78.9 Å². The molecule has 330 valence electrons. The van der Waals surface area contributed by atoms with Crippen molar-refractivity contribution >= 4 is 63.6 Å². The minimum Gasteiger partial charge on any atom is -0.420 e. The topological polar surface area (TPSA) is 170 Å². The van der Waals surface area contributed by atoms with Crippen molar-refractivity contribution < 1.29 is 41.6 Å². The Hall–Kier alpha value is -5.12. The molecule has 17 heteroatoms. The van der Waals surface area contributed by atoms with E-state index in [0.29, 0.717) is 36.9 Å². The van der Waals surface area contributed by atoms with Crippen LogP contribution in [0.5, 0.6) is 5.75 Å². The number of thiophene rings is 1. The Labute approximate surface area is 373 Å². The molecule has 0 aliphatic carbocycles. The van der Waals surface area contributed by atoms with Crippen molar-refractivity contribution in [3.63, 3.8) is 0 Å². The standard InChI is InChI=1S/C46H48F2N5O7PS2/c1-29(2)21-42(54)62-20-19-59-61(58,60-36-13-8-9-30(22-36)25-49)46(47,48)34-15-18-40-32(23-34)24-41(63-40)43(55)51-38-14-7-6-12-35-16-17-39(53(35)44(38)56)45(57)52-27-33(26-50)37(28-52)31-10-4-3-5-11-31/h3-5,8-11,13,15,18,22-24,29,33,35,37-39H,6-7,12,14,16-17,19-21,27-28H2,1-2H3,(H,51,55)/t33-,35+,37+,38?,39+,61?/m1/s1. The summed E-state index contributed by atoms with van der Waals surface area (Å²) in [4.78, 5) is 58.2. The molecule has 4 heterocycles. The zero-order valence-electron chi connectivity index (χ0n) is 34.9. The molecule has 0 bridgehead atoms. The number of rotatable bonds is 14. The number of carbonyl (C=O) groups excluding carboxylic acids is 4. The number of benzene rings is 3. The normalized spacial score (nSPS) is 22.4. The van der Waals surface area contributed by atoms with Crippen molar-refractivity contribution in [3.8, 4) is 17.9 Å². The first-order chi connectivity index (χ1) is 30.2. The second kappa shape index (κ2) is 19.7. The molecule has 7 rings (SSSR count). The number of nitriles is 2. The van der Waals surface area contributed by atoms with Gasteiger partial charge in [-0.3, -0.25) is 23.7 Å². The Bertz CT molecular complexity index is 2490. The summed E-state index contributed by atoms with van der Waals surface area (Å²) in [6.45, 7) is 3.90. The Kier molecular flexibility index (Phi) is 14.4. The van der Waals surface area contributed by atoms with Crippen LogP contribution in [0.4, 0.5) is 8.78 Å². The van der Waals surface area contributed by atoms with E-state index in [2.05, 4.69) is 11.4 Å². The van der Waals surface area contributed by atoms with E-state index in [1.54, 1.807) is 9.80 Å². The van der Waals surface area contributed by atoms with Gasteiger partial charge in [0.2, 0.25) is 11.8 Å². The van der Waals surface area contributed by atoms with E-state index in [9.17, 15) is 34.3 Å². The molecule has 3 saturated heterocycles. The number of nitrogens with zero attached hydrogens (tertiary/aromatic N) is 4. The third-order valence-electron chi connectivity index (χ3n) is 11.8. The number of nitrogens with one attached hydrogen (secondary N) is 1. The smallest absolute Gasteiger partial charge is 0.420 e. The van der Waals surface area contributed by atoms with Gasteiger partial charge in [-0.25, -0.2) is 4.57 Å². The van der Waals surface area contributed by atoms with Gasteiger partial charge in [0, 0.05) is 47.5 Å². The van der Waals surface area contributed by atoms with Gasteiger partial charge >= 0.3 is 13.3 Å². The molecular formula is C46H48F2N5O7PS2. The van der Waals surface area contributed by atoms with Gasteiger partial charge in [0.25, 0.3) is 5.91 Å². The average molecular weight is 916 g/mol. The Morgan fingerprint density at radius 3 is 2.51 bits per heavy atom. The van der Waals surface area contributed by atoms with Gasteiger partial charge in [-0.05, 0) is 78.9 Å². The van der Waals surface area contributed by atoms with Crippen molar-refractivity contribution in [2.75, 3.05) is 25.4 Å². The van der Waals surface area contributed by atoms with E-state index in [1.165, 1.54) is 36.4 Å². The molecule has 3 aliphatic heterocycles. The zero-order chi connectivity index (χ0) is 44.9. The number of carbonyl (C=O) groups is 4. The summed E-state index contributed by atoms with van der Waals surface area (Å²) in [5.41, 5.74) is -3.85. The highest BCUT2D eigenvalue weighted by Crippen LogP contribution is 2.66. The average Bonchev–Trinajstić information content (AvgIpc) is 4.02. The molecule has 6 atom stereocenters. The van der Waals surface area contributed by atoms with Gasteiger partial charge in [0.1, 0.15) is 17.8 Å². The molecule has 0 saturated carbocycles. The van der Waals surface area contributed by atoms with E-state index in [1.807, 2.05) is 50.2 Å². The van der Waals surface area contributed by atoms with Crippen molar-refractivity contribution in [1.29, 1.82) is 10.5 Å². The molecule has 3 aromatic carbocycles. The second-order valence-electron chi connectivity index (χ2n) is 16.6. The maximum Gasteiger partial charge on any atom is 0.453 e. The Balaban J connectivity index is 1.07. The van der Waals surface area contributed by atoms with Crippen LogP contribution in [0.1, 0.15) is 91.1 Å². The van der Waals surface area contributed by atoms with Crippen LogP contribution >= 0.6 is 30.7 Å². The fourth-order valence-electron chi connectivity index (χ4n) is 8.63. The predicted octanol–water partition coefficient (Wildman–Crippen LogP) is 9.21. The van der Waals surface area contributed by atoms with Crippen LogP contribution in [0.2, 0.25) is 0 Å². The van der Waals surface area contributed by atoms with Crippen molar-refractivity contribution in [1.82, 2.24) is 15.1 Å². The Morgan fingerprint density at radius 2 is 1.76 bits per heavy atom. The lowest BCUT2D eigenvalue weighted by Crippen LogP contribution is -2.56. The van der Waals surface area contributed by atoms with E-state index in [0.717, 1.165) is 53.6 Å². The number of hydrogen-bond acceptors (Lipinski definition) is 11. The third-order valence-corrected chi connectivity index (χ3v) is 15.6. The fourth-order valence-corrected chi connectivity index (χ4v) is 12.1. The van der Waals surface area contributed by atoms with Crippen LogP contribution in [-0.2, 0) is 29.1 Å². The van der Waals surface area contributed by atoms with Crippen LogP contribution in [0.3, 0.4) is 0 Å². The van der Waals surface area contributed by atoms with Crippen LogP contribution in [0.25, 0.3) is 10.1 Å². The molecule has 1 aromatic heterocycles. The molecular weight excluding hydrogens is 868 g/mol. The molecule has 2 unspecified atom stereocenters. The second-order valence-corrected chi connectivity index (χ2v) is 20.8. The largest absolute Gasteiger partial charge is 0.453 e. The minimum atomic E-state index is -5.39. The molecule has 3 amide bonds. The summed E-state index contributed by atoms with van der Waals surface area (Å²) in [5.74, 6) is -1.87. The van der Waals surface area contributed by atoms with Gasteiger partial charge in [-0.2, -0.15) is 19.3 Å². The van der Waals surface area contributed by atoms with Gasteiger partial charge in [0.15, 0.2) is 5.12 Å². The number of hydrogen-bond donors (Lipinski definition) is 1. The molecule has 63 heavy (non-hydrogen) atoms. The van der Waals surface area contributed by atoms with Crippen LogP contribution < -0.4 is 9.84 Å². The van der Waals surface area contributed by atoms with Gasteiger partial charge in [-0.15, -0.1) is 11.3 Å². The lowest BCUT2D eigenvalue weighted by atomic mass is 9.90. The monoisotopic (exact) mass is 915 g/mol. The SMILES string of the molecule is CC(C)CC(=O)SCCOP(=O)(Oc1cccc(C#N)c1)C(F)(F)c1ccc2sc(C(=O)NC3CCCC[C@H]4CC[C@@H](C(=O)N5C[C@@H](C#N)[C@H](c6ccccc6)C5)N4C3=O)cc2c1. The quantitative estimate of drug-likeness (QED) is 0.0951. The summed E-state index contributed by atoms with van der Waals surface area (Å²) < 4.78 is 58.6. The first-order valence-corrected chi connectivity index (χ1v) is 24.4. The molecule has 3 fully saturated rings. The number of thioether (sulfide) groups is 1. The zero-order valence-corrected chi connectivity index (χ0v) is 37.4. The predicted molar refractivity (Wildman–Crippen MR) is 236 cm³/mol. The maximum absolute atomic E-state index is 16.6. The van der Waals surface area contributed by atoms with Crippen molar-refractivity contribution in [3.05, 3.63) is 100 Å². The summed E-state index contributed by atoms with van der Waals surface area (Å²) in [6, 6.07) is 22.4. The fraction of sp³-hybridized carbons (Fsp3) is 0.435. The minimum absolute atomic E-state index is 0.0511. The van der Waals surface area contributed by atoms with E-state index < -0.39 is 43.4 Å². The van der Waals surface area contributed by atoms with Gasteiger partial charge in [-0.1, -0.05) is 80.9 Å². The van der Waals surface area contributed by atoms with Gasteiger partial charge < -0.3 is 19.6 Å². The number of amides is 3. The van der Waals surface area contributed by atoms with Crippen LogP contribution in [0, 0.1) is 34.5 Å². The first-order valence-electron chi connectivity index (χ1n) is 21.1. The summed E-state index contributed by atoms with van der Waals surface area (Å²) in [7, 11) is -5.39. The molecule has 12 nitrogen and oxygen atoms in total. The van der Waals surface area contributed by atoms with Gasteiger partial charge in [0.05, 0.1) is 35.1 Å². The van der Waals surface area contributed by atoms with Crippen LogP contribution in [-0.4, -0.2) is 76.2 Å². The maximum atomic E-state index is 16.6. The number of halogens is 2. The van der Waals surface area contributed by atoms with E-state index in [4.69, 9.17) is 9.05 Å². The lowest BCUT2D eigenvalue weighted by molar-refractivity contribution is -0.146. The number of fused-ring (bicyclic) bond motifs is 2. The highest BCUT2D eigenvalue weighted by Gasteiger charge is 2.57. The molecule has 1 N–H and O–H groups in total. The van der Waals surface area contributed by atoms with E-state index in [-0.39, 0.29) is 81.0 Å². The summed E-state index contributed by atoms with van der Waals surface area (Å²) >= 11 is 1.92. The number of alkyl halides is 2. The third kappa shape index (κ3) is 10.2. The molecule has 3 aliphatic rings. The number of likely N-dealkylation sites (tertiary alicyclic amines) is 1. The molecule has 4 aromatic rings. The molecule has 0 radical (unpaired) electrons. The van der Waals surface area contributed by atoms with Crippen molar-refractivity contribution in [2.24, 2.45) is 11.8 Å². The highest BCUT2D eigenvalue weighted by atomic mass is 32.2. The van der Waals surface area contributed by atoms with E-state index >= 15 is 8.78 Å². The first kappa shape index (κ1) is 45.9. The molecule has 0 spiro atoms. The van der Waals surface area contributed by atoms with Crippen molar-refractivity contribution in [2.45, 2.75) is 88.5 Å². The Morgan fingerprint density at radius 1 is 0.984 bits per heavy atom. The highest BCUT2D eigenvalue weighted by molar-refractivity contribution is 8.13. The summed E-state index contributed by atoms with van der Waals surface area (Å²) in [6.07, 6.45) is 3.97. The lowest BCUT2D eigenvalue weighted by Gasteiger charge is -2.36.